The van der Waals surface area contributed by atoms with Gasteiger partial charge in [-0.3, -0.25) is 4.98 Å². The van der Waals surface area contributed by atoms with Crippen molar-refractivity contribution >= 4 is 21.6 Å². The van der Waals surface area contributed by atoms with Crippen molar-refractivity contribution in [3.8, 4) is 5.75 Å². The summed E-state index contributed by atoms with van der Waals surface area (Å²) in [4.78, 5) is 4.32. The molecular formula is C15H15BrN2O. The van der Waals surface area contributed by atoms with Gasteiger partial charge in [0.15, 0.2) is 0 Å². The largest absolute Gasteiger partial charge is 0.493 e. The molecule has 1 aliphatic heterocycles. The van der Waals surface area contributed by atoms with Gasteiger partial charge in [0.2, 0.25) is 0 Å². The van der Waals surface area contributed by atoms with Crippen LogP contribution in [0.1, 0.15) is 23.7 Å². The second-order valence-electron chi connectivity index (χ2n) is 4.70. The second kappa shape index (κ2) is 5.21. The number of ether oxygens (including phenoxy) is 1. The van der Waals surface area contributed by atoms with Crippen molar-refractivity contribution in [3.63, 3.8) is 0 Å². The molecule has 3 rings (SSSR count). The zero-order valence-corrected chi connectivity index (χ0v) is 12.3. The van der Waals surface area contributed by atoms with Crippen molar-refractivity contribution in [1.29, 1.82) is 0 Å². The van der Waals surface area contributed by atoms with Gasteiger partial charge in [0.05, 0.1) is 24.5 Å². The fourth-order valence-corrected chi connectivity index (χ4v) is 2.65. The third-order valence-corrected chi connectivity index (χ3v) is 3.76. The minimum atomic E-state index is 0.269. The molecule has 19 heavy (non-hydrogen) atoms. The van der Waals surface area contributed by atoms with Crippen molar-refractivity contribution in [2.75, 3.05) is 11.9 Å². The molecule has 1 atom stereocenters. The first-order valence-electron chi connectivity index (χ1n) is 6.34. The SMILES string of the molecule is Cc1ccc(NC2CCOc3ccc(Br)cc32)cn1. The molecule has 1 N–H and O–H groups in total. The number of fused-ring (bicyclic) bond motifs is 1. The highest BCUT2D eigenvalue weighted by molar-refractivity contribution is 9.10. The molecular weight excluding hydrogens is 304 g/mol. The Morgan fingerprint density at radius 2 is 2.21 bits per heavy atom. The van der Waals surface area contributed by atoms with Crippen molar-refractivity contribution in [3.05, 3.63) is 52.3 Å². The van der Waals surface area contributed by atoms with Crippen LogP contribution in [-0.2, 0) is 0 Å². The molecule has 2 aromatic rings. The van der Waals surface area contributed by atoms with Crippen LogP contribution < -0.4 is 10.1 Å². The first-order valence-corrected chi connectivity index (χ1v) is 7.13. The number of hydrogen-bond donors (Lipinski definition) is 1. The predicted molar refractivity (Wildman–Crippen MR) is 79.6 cm³/mol. The Morgan fingerprint density at radius 1 is 1.32 bits per heavy atom. The van der Waals surface area contributed by atoms with Gasteiger partial charge in [0.25, 0.3) is 0 Å². The number of aromatic nitrogens is 1. The van der Waals surface area contributed by atoms with Gasteiger partial charge in [-0.15, -0.1) is 0 Å². The molecule has 0 saturated carbocycles. The molecule has 2 heterocycles. The minimum absolute atomic E-state index is 0.269. The summed E-state index contributed by atoms with van der Waals surface area (Å²) in [5, 5.41) is 3.53. The van der Waals surface area contributed by atoms with E-state index in [9.17, 15) is 0 Å². The standard InChI is InChI=1S/C15H15BrN2O/c1-10-2-4-12(9-17-10)18-14-6-7-19-15-5-3-11(16)8-13(14)15/h2-5,8-9,14,18H,6-7H2,1H3. The zero-order chi connectivity index (χ0) is 13.2. The molecule has 0 saturated heterocycles. The fourth-order valence-electron chi connectivity index (χ4n) is 2.27. The summed E-state index contributed by atoms with van der Waals surface area (Å²) in [7, 11) is 0. The highest BCUT2D eigenvalue weighted by Crippen LogP contribution is 2.35. The van der Waals surface area contributed by atoms with E-state index in [0.717, 1.165) is 34.6 Å². The van der Waals surface area contributed by atoms with E-state index in [1.165, 1.54) is 5.56 Å². The quantitative estimate of drug-likeness (QED) is 0.905. The number of anilines is 1. The second-order valence-corrected chi connectivity index (χ2v) is 5.62. The predicted octanol–water partition coefficient (Wildman–Crippen LogP) is 4.09. The van der Waals surface area contributed by atoms with E-state index in [0.29, 0.717) is 0 Å². The molecule has 4 heteroatoms. The average Bonchev–Trinajstić information content (AvgIpc) is 2.42. The summed E-state index contributed by atoms with van der Waals surface area (Å²) in [5.74, 6) is 0.965. The van der Waals surface area contributed by atoms with Crippen LogP contribution in [0.3, 0.4) is 0 Å². The average molecular weight is 319 g/mol. The van der Waals surface area contributed by atoms with Gasteiger partial charge < -0.3 is 10.1 Å². The van der Waals surface area contributed by atoms with Crippen molar-refractivity contribution < 1.29 is 4.74 Å². The summed E-state index contributed by atoms with van der Waals surface area (Å²) in [6.45, 7) is 2.73. The van der Waals surface area contributed by atoms with Crippen LogP contribution in [0.4, 0.5) is 5.69 Å². The zero-order valence-electron chi connectivity index (χ0n) is 10.7. The van der Waals surface area contributed by atoms with Gasteiger partial charge in [0.1, 0.15) is 5.75 Å². The normalized spacial score (nSPS) is 17.5. The summed E-state index contributed by atoms with van der Waals surface area (Å²) >= 11 is 3.52. The highest BCUT2D eigenvalue weighted by Gasteiger charge is 2.21. The Morgan fingerprint density at radius 3 is 3.00 bits per heavy atom. The molecule has 0 aliphatic carbocycles. The van der Waals surface area contributed by atoms with E-state index >= 15 is 0 Å². The van der Waals surface area contributed by atoms with Gasteiger partial charge in [-0.05, 0) is 37.3 Å². The lowest BCUT2D eigenvalue weighted by molar-refractivity contribution is 0.274. The van der Waals surface area contributed by atoms with Crippen LogP contribution in [0, 0.1) is 6.92 Å². The monoisotopic (exact) mass is 318 g/mol. The Kier molecular flexibility index (Phi) is 3.42. The van der Waals surface area contributed by atoms with Crippen molar-refractivity contribution in [2.24, 2.45) is 0 Å². The van der Waals surface area contributed by atoms with Gasteiger partial charge in [-0.2, -0.15) is 0 Å². The third kappa shape index (κ3) is 2.73. The van der Waals surface area contributed by atoms with Crippen LogP contribution in [0.5, 0.6) is 5.75 Å². The Hall–Kier alpha value is -1.55. The Labute approximate surface area is 121 Å². The molecule has 3 nitrogen and oxygen atoms in total. The van der Waals surface area contributed by atoms with Gasteiger partial charge in [0, 0.05) is 22.2 Å². The number of hydrogen-bond acceptors (Lipinski definition) is 3. The molecule has 0 fully saturated rings. The number of pyridine rings is 1. The summed E-state index contributed by atoms with van der Waals surface area (Å²) in [6, 6.07) is 10.5. The number of halogens is 1. The summed E-state index contributed by atoms with van der Waals surface area (Å²) < 4.78 is 6.76. The molecule has 1 aromatic heterocycles. The van der Waals surface area contributed by atoms with E-state index in [1.807, 2.05) is 31.3 Å². The Bertz CT molecular complexity index is 583. The Balaban J connectivity index is 1.87. The maximum absolute atomic E-state index is 5.69. The fraction of sp³-hybridized carbons (Fsp3) is 0.267. The maximum atomic E-state index is 5.69. The molecule has 0 amide bonds. The third-order valence-electron chi connectivity index (χ3n) is 3.26. The minimum Gasteiger partial charge on any atom is -0.493 e. The topological polar surface area (TPSA) is 34.1 Å². The maximum Gasteiger partial charge on any atom is 0.124 e. The molecule has 1 aliphatic rings. The number of nitrogens with one attached hydrogen (secondary N) is 1. The van der Waals surface area contributed by atoms with Crippen LogP contribution in [0.2, 0.25) is 0 Å². The number of rotatable bonds is 2. The first kappa shape index (κ1) is 12.5. The van der Waals surface area contributed by atoms with Crippen LogP contribution in [0.15, 0.2) is 41.0 Å². The van der Waals surface area contributed by atoms with Crippen LogP contribution in [-0.4, -0.2) is 11.6 Å². The van der Waals surface area contributed by atoms with E-state index in [-0.39, 0.29) is 6.04 Å². The molecule has 0 spiro atoms. The lowest BCUT2D eigenvalue weighted by Gasteiger charge is -2.27. The molecule has 1 unspecified atom stereocenters. The van der Waals surface area contributed by atoms with E-state index in [1.54, 1.807) is 0 Å². The smallest absolute Gasteiger partial charge is 0.124 e. The highest BCUT2D eigenvalue weighted by atomic mass is 79.9. The number of aryl methyl sites for hydroxylation is 1. The van der Waals surface area contributed by atoms with Crippen LogP contribution >= 0.6 is 15.9 Å². The summed E-state index contributed by atoms with van der Waals surface area (Å²) in [5.41, 5.74) is 3.27. The van der Waals surface area contributed by atoms with Crippen LogP contribution in [0.25, 0.3) is 0 Å². The van der Waals surface area contributed by atoms with Gasteiger partial charge >= 0.3 is 0 Å². The van der Waals surface area contributed by atoms with Crippen molar-refractivity contribution in [2.45, 2.75) is 19.4 Å². The first-order chi connectivity index (χ1) is 9.22. The lowest BCUT2D eigenvalue weighted by Crippen LogP contribution is -2.20. The van der Waals surface area contributed by atoms with E-state index < -0.39 is 0 Å². The lowest BCUT2D eigenvalue weighted by atomic mass is 10.0. The van der Waals surface area contributed by atoms with E-state index in [4.69, 9.17) is 4.74 Å². The van der Waals surface area contributed by atoms with E-state index in [2.05, 4.69) is 38.4 Å². The summed E-state index contributed by atoms with van der Waals surface area (Å²) in [6.07, 6.45) is 2.83. The number of benzene rings is 1. The van der Waals surface area contributed by atoms with Crippen molar-refractivity contribution in [1.82, 2.24) is 4.98 Å². The molecule has 0 radical (unpaired) electrons. The molecule has 98 valence electrons. The molecule has 0 bridgehead atoms. The number of nitrogens with zero attached hydrogens (tertiary/aromatic N) is 1. The molecule has 1 aromatic carbocycles. The van der Waals surface area contributed by atoms with Gasteiger partial charge in [-0.25, -0.2) is 0 Å². The van der Waals surface area contributed by atoms with Gasteiger partial charge in [-0.1, -0.05) is 15.9 Å².